The molecular formula is C20H25N5O6S. The van der Waals surface area contributed by atoms with Crippen LogP contribution in [0, 0.1) is 0 Å². The first kappa shape index (κ1) is 23.5. The van der Waals surface area contributed by atoms with E-state index in [2.05, 4.69) is 15.6 Å². The molecule has 0 aromatic carbocycles. The number of carboxylic acids is 1. The van der Waals surface area contributed by atoms with E-state index >= 15 is 0 Å². The highest BCUT2D eigenvalue weighted by molar-refractivity contribution is 8.00. The van der Waals surface area contributed by atoms with E-state index in [1.54, 1.807) is 18.3 Å². The van der Waals surface area contributed by atoms with Crippen molar-refractivity contribution in [3.05, 3.63) is 30.1 Å². The van der Waals surface area contributed by atoms with E-state index < -0.39 is 29.9 Å². The molecule has 4 amide bonds. The number of piperidine rings is 1. The number of rotatable bonds is 7. The van der Waals surface area contributed by atoms with Crippen molar-refractivity contribution in [2.45, 2.75) is 24.9 Å². The van der Waals surface area contributed by atoms with Gasteiger partial charge >= 0.3 is 5.97 Å². The second-order valence-corrected chi connectivity index (χ2v) is 8.46. The molecule has 0 aliphatic carbocycles. The molecule has 11 nitrogen and oxygen atoms in total. The summed E-state index contributed by atoms with van der Waals surface area (Å²) >= 11 is 0.942. The maximum atomic E-state index is 13.1. The molecule has 3 heterocycles. The quantitative estimate of drug-likeness (QED) is 0.464. The predicted molar refractivity (Wildman–Crippen MR) is 115 cm³/mol. The van der Waals surface area contributed by atoms with Crippen molar-refractivity contribution in [3.8, 4) is 0 Å². The zero-order valence-corrected chi connectivity index (χ0v) is 18.2. The van der Waals surface area contributed by atoms with Crippen LogP contribution in [0.1, 0.15) is 23.2 Å². The molecule has 12 heteroatoms. The summed E-state index contributed by atoms with van der Waals surface area (Å²) in [5.41, 5.74) is 0.370. The Balaban J connectivity index is 1.73. The third-order valence-electron chi connectivity index (χ3n) is 5.25. The fourth-order valence-corrected chi connectivity index (χ4v) is 4.27. The molecular weight excluding hydrogens is 438 g/mol. The maximum absolute atomic E-state index is 13.1. The van der Waals surface area contributed by atoms with Crippen molar-refractivity contribution in [1.82, 2.24) is 25.4 Å². The van der Waals surface area contributed by atoms with Crippen LogP contribution in [0.5, 0.6) is 0 Å². The van der Waals surface area contributed by atoms with Crippen LogP contribution in [0.2, 0.25) is 0 Å². The van der Waals surface area contributed by atoms with Crippen LogP contribution >= 0.6 is 11.8 Å². The number of nitrogens with zero attached hydrogens (tertiary/aromatic N) is 3. The normalized spacial score (nSPS) is 20.9. The minimum atomic E-state index is -1.03. The highest BCUT2D eigenvalue weighted by Crippen LogP contribution is 2.16. The number of hydrogen-bond acceptors (Lipinski definition) is 7. The number of nitrogens with one attached hydrogen (secondary N) is 2. The molecule has 2 aliphatic rings. The Kier molecular flexibility index (Phi) is 8.03. The Morgan fingerprint density at radius 2 is 2.06 bits per heavy atom. The summed E-state index contributed by atoms with van der Waals surface area (Å²) in [4.78, 5) is 68.2. The van der Waals surface area contributed by atoms with Gasteiger partial charge in [-0.1, -0.05) is 0 Å². The number of aromatic nitrogens is 1. The molecule has 1 aromatic heterocycles. The lowest BCUT2D eigenvalue weighted by Crippen LogP contribution is -2.64. The van der Waals surface area contributed by atoms with Gasteiger partial charge in [0.25, 0.3) is 5.91 Å². The Morgan fingerprint density at radius 3 is 2.75 bits per heavy atom. The van der Waals surface area contributed by atoms with E-state index in [1.807, 2.05) is 0 Å². The molecule has 3 N–H and O–H groups in total. The Labute approximate surface area is 188 Å². The van der Waals surface area contributed by atoms with Crippen molar-refractivity contribution in [2.75, 3.05) is 37.7 Å². The summed E-state index contributed by atoms with van der Waals surface area (Å²) in [5.74, 6) is -2.87. The van der Waals surface area contributed by atoms with Gasteiger partial charge in [0.1, 0.15) is 12.1 Å². The zero-order valence-electron chi connectivity index (χ0n) is 17.4. The van der Waals surface area contributed by atoms with Gasteiger partial charge in [-0.25, -0.2) is 0 Å². The van der Waals surface area contributed by atoms with Crippen molar-refractivity contribution in [3.63, 3.8) is 0 Å². The minimum absolute atomic E-state index is 0.0385. The van der Waals surface area contributed by atoms with E-state index in [4.69, 9.17) is 5.11 Å². The first-order valence-corrected chi connectivity index (χ1v) is 11.4. The average Bonchev–Trinajstić information content (AvgIpc) is 2.80. The van der Waals surface area contributed by atoms with Crippen LogP contribution in [0.4, 0.5) is 0 Å². The van der Waals surface area contributed by atoms with Crippen molar-refractivity contribution < 1.29 is 29.1 Å². The molecule has 32 heavy (non-hydrogen) atoms. The van der Waals surface area contributed by atoms with Gasteiger partial charge in [-0.15, -0.1) is 11.8 Å². The zero-order chi connectivity index (χ0) is 23.1. The molecule has 0 spiro atoms. The largest absolute Gasteiger partial charge is 0.481 e. The van der Waals surface area contributed by atoms with Crippen LogP contribution in [0.25, 0.3) is 0 Å². The second-order valence-electron chi connectivity index (χ2n) is 7.48. The number of aliphatic carboxylic acids is 1. The van der Waals surface area contributed by atoms with Crippen LogP contribution in [0.15, 0.2) is 24.5 Å². The lowest BCUT2D eigenvalue weighted by Gasteiger charge is -2.41. The number of carbonyl (C=O) groups is 5. The lowest BCUT2D eigenvalue weighted by molar-refractivity contribution is -0.142. The van der Waals surface area contributed by atoms with Crippen LogP contribution in [-0.2, 0) is 19.2 Å². The first-order valence-electron chi connectivity index (χ1n) is 10.2. The van der Waals surface area contributed by atoms with E-state index in [-0.39, 0.29) is 43.0 Å². The maximum Gasteiger partial charge on any atom is 0.313 e. The van der Waals surface area contributed by atoms with Crippen molar-refractivity contribution >= 4 is 41.4 Å². The molecule has 0 bridgehead atoms. The van der Waals surface area contributed by atoms with E-state index in [1.165, 1.54) is 16.0 Å². The summed E-state index contributed by atoms with van der Waals surface area (Å²) in [7, 11) is 0. The molecule has 172 valence electrons. The number of carboxylic acid groups (broad SMARTS) is 1. The van der Waals surface area contributed by atoms with Gasteiger partial charge in [0.2, 0.25) is 17.7 Å². The van der Waals surface area contributed by atoms with Gasteiger partial charge in [-0.3, -0.25) is 29.0 Å². The van der Waals surface area contributed by atoms with Gasteiger partial charge < -0.3 is 25.5 Å². The first-order chi connectivity index (χ1) is 15.4. The molecule has 2 saturated heterocycles. The number of thioether (sulfide) groups is 1. The van der Waals surface area contributed by atoms with Gasteiger partial charge in [-0.05, 0) is 25.0 Å². The highest BCUT2D eigenvalue weighted by Gasteiger charge is 2.38. The average molecular weight is 464 g/mol. The van der Waals surface area contributed by atoms with Crippen LogP contribution in [-0.4, -0.2) is 99.3 Å². The second kappa shape index (κ2) is 10.9. The third-order valence-corrected chi connectivity index (χ3v) is 6.15. The molecule has 1 aromatic rings. The van der Waals surface area contributed by atoms with Crippen molar-refractivity contribution in [1.29, 1.82) is 0 Å². The van der Waals surface area contributed by atoms with Crippen molar-refractivity contribution in [2.24, 2.45) is 0 Å². The monoisotopic (exact) mass is 463 g/mol. The van der Waals surface area contributed by atoms with Gasteiger partial charge in [0, 0.05) is 32.0 Å². The summed E-state index contributed by atoms with van der Waals surface area (Å²) in [6.45, 7) is 0.848. The summed E-state index contributed by atoms with van der Waals surface area (Å²) < 4.78 is 0. The molecule has 3 rings (SSSR count). The minimum Gasteiger partial charge on any atom is -0.481 e. The topological polar surface area (TPSA) is 149 Å². The number of pyridine rings is 1. The Bertz CT molecular complexity index is 882. The van der Waals surface area contributed by atoms with E-state index in [0.29, 0.717) is 18.5 Å². The number of carbonyl (C=O) groups excluding carboxylic acids is 4. The molecule has 2 aliphatic heterocycles. The van der Waals surface area contributed by atoms with Gasteiger partial charge in [0.05, 0.1) is 23.6 Å². The fraction of sp³-hybridized carbons (Fsp3) is 0.500. The molecule has 2 atom stereocenters. The molecule has 0 saturated carbocycles. The lowest BCUT2D eigenvalue weighted by atomic mass is 10.0. The predicted octanol–water partition coefficient (Wildman–Crippen LogP) is -1.05. The smallest absolute Gasteiger partial charge is 0.313 e. The van der Waals surface area contributed by atoms with Gasteiger partial charge in [0.15, 0.2) is 0 Å². The summed E-state index contributed by atoms with van der Waals surface area (Å²) in [5, 5.41) is 14.2. The van der Waals surface area contributed by atoms with E-state index in [9.17, 15) is 24.0 Å². The fourth-order valence-electron chi connectivity index (χ4n) is 3.65. The van der Waals surface area contributed by atoms with Gasteiger partial charge in [-0.2, -0.15) is 0 Å². The Morgan fingerprint density at radius 1 is 1.25 bits per heavy atom. The molecule has 2 fully saturated rings. The summed E-state index contributed by atoms with van der Waals surface area (Å²) in [6, 6.07) is 1.58. The Hall–Kier alpha value is -3.15. The third kappa shape index (κ3) is 5.96. The van der Waals surface area contributed by atoms with Crippen LogP contribution < -0.4 is 10.6 Å². The standard InChI is InChI=1S/C20H25N5O6S/c26-16(11-32-12-17(27)28)25-8-7-24(20(31)13-3-1-5-21-9-13)10-15(25)19(30)23-14-4-2-6-22-18(14)29/h1,3,5,9,14-15H,2,4,6-8,10-12H2,(H,22,29)(H,23,30)(H,27,28). The molecule has 0 radical (unpaired) electrons. The SMILES string of the molecule is O=C(O)CSCC(=O)N1CCN(C(=O)c2cccnc2)CC1C(=O)NC1CCCNC1=O. The van der Waals surface area contributed by atoms with E-state index in [0.717, 1.165) is 18.2 Å². The molecule has 2 unspecified atom stereocenters. The number of amides is 4. The van der Waals surface area contributed by atoms with Crippen LogP contribution in [0.3, 0.4) is 0 Å². The number of hydrogen-bond donors (Lipinski definition) is 3. The highest BCUT2D eigenvalue weighted by atomic mass is 32.2. The number of piperazine rings is 1. The summed E-state index contributed by atoms with van der Waals surface area (Å²) in [6.07, 6.45) is 4.20.